The molecule has 1 aromatic heterocycles. The Balaban J connectivity index is 1.72. The molecule has 2 amide bonds. The summed E-state index contributed by atoms with van der Waals surface area (Å²) in [4.78, 5) is 36.0. The Labute approximate surface area is 233 Å². The van der Waals surface area contributed by atoms with Gasteiger partial charge in [0.05, 0.1) is 34.5 Å². The van der Waals surface area contributed by atoms with Crippen molar-refractivity contribution in [2.45, 2.75) is 31.1 Å². The number of nitro groups is 1. The number of aromatic nitrogens is 3. The fourth-order valence-corrected chi connectivity index (χ4v) is 4.93. The lowest BCUT2D eigenvalue weighted by atomic mass is 10.1. The van der Waals surface area contributed by atoms with Crippen LogP contribution in [-0.2, 0) is 11.3 Å². The van der Waals surface area contributed by atoms with Gasteiger partial charge in [0.2, 0.25) is 5.91 Å². The molecule has 38 heavy (non-hydrogen) atoms. The lowest BCUT2D eigenvalue weighted by Crippen LogP contribution is -2.31. The van der Waals surface area contributed by atoms with E-state index in [-0.39, 0.29) is 28.1 Å². The Morgan fingerprint density at radius 2 is 1.95 bits per heavy atom. The SMILES string of the molecule is CCn1c(SCC(=O)Nc2cc([N+](=O)[O-])ccc2Cl)nnc1[C@H](CCSC)NC(=O)c1ccc(OC)cc1. The first kappa shape index (κ1) is 29.3. The average Bonchev–Trinajstić information content (AvgIpc) is 3.33. The van der Waals surface area contributed by atoms with Gasteiger partial charge in [-0.25, -0.2) is 0 Å². The standard InChI is InChI=1S/C24H27ClN6O5S2/c1-4-30-22(19(11-12-37-3)27-23(33)15-5-8-17(36-2)9-6-15)28-29-24(30)38-14-21(32)26-20-13-16(31(34)35)7-10-18(20)25/h5-10,13,19H,4,11-12,14H2,1-3H3,(H,26,32)(H,27,33)/t19-/m0/s1. The molecule has 0 spiro atoms. The molecule has 0 aliphatic rings. The molecule has 0 saturated heterocycles. The maximum absolute atomic E-state index is 13.0. The van der Waals surface area contributed by atoms with Gasteiger partial charge < -0.3 is 19.9 Å². The summed E-state index contributed by atoms with van der Waals surface area (Å²) >= 11 is 8.90. The molecule has 0 aliphatic heterocycles. The molecular weight excluding hydrogens is 552 g/mol. The minimum Gasteiger partial charge on any atom is -0.497 e. The number of thioether (sulfide) groups is 2. The predicted octanol–water partition coefficient (Wildman–Crippen LogP) is 4.82. The van der Waals surface area contributed by atoms with Crippen molar-refractivity contribution in [2.75, 3.05) is 30.2 Å². The summed E-state index contributed by atoms with van der Waals surface area (Å²) < 4.78 is 7.02. The van der Waals surface area contributed by atoms with Crippen LogP contribution in [0.25, 0.3) is 0 Å². The zero-order valence-corrected chi connectivity index (χ0v) is 23.4. The van der Waals surface area contributed by atoms with Crippen LogP contribution >= 0.6 is 35.1 Å². The Morgan fingerprint density at radius 1 is 1.21 bits per heavy atom. The van der Waals surface area contributed by atoms with Gasteiger partial charge in [-0.05, 0) is 55.7 Å². The molecule has 0 aliphatic carbocycles. The number of nitrogens with one attached hydrogen (secondary N) is 2. The topological polar surface area (TPSA) is 141 Å². The van der Waals surface area contributed by atoms with Crippen molar-refractivity contribution in [3.8, 4) is 5.75 Å². The van der Waals surface area contributed by atoms with Crippen molar-refractivity contribution < 1.29 is 19.2 Å². The number of amides is 2. The number of benzene rings is 2. The highest BCUT2D eigenvalue weighted by atomic mass is 35.5. The molecule has 14 heteroatoms. The fourth-order valence-electron chi connectivity index (χ4n) is 3.49. The Kier molecular flexibility index (Phi) is 10.8. The van der Waals surface area contributed by atoms with Gasteiger partial charge in [-0.1, -0.05) is 23.4 Å². The van der Waals surface area contributed by atoms with Crippen LogP contribution in [0.2, 0.25) is 5.02 Å². The predicted molar refractivity (Wildman–Crippen MR) is 149 cm³/mol. The summed E-state index contributed by atoms with van der Waals surface area (Å²) in [7, 11) is 1.56. The van der Waals surface area contributed by atoms with E-state index in [1.165, 1.54) is 30.0 Å². The van der Waals surface area contributed by atoms with E-state index in [0.29, 0.717) is 35.3 Å². The second-order valence-electron chi connectivity index (χ2n) is 7.88. The monoisotopic (exact) mass is 578 g/mol. The van der Waals surface area contributed by atoms with E-state index in [4.69, 9.17) is 16.3 Å². The van der Waals surface area contributed by atoms with Crippen LogP contribution < -0.4 is 15.4 Å². The van der Waals surface area contributed by atoms with E-state index in [2.05, 4.69) is 20.8 Å². The van der Waals surface area contributed by atoms with Gasteiger partial charge >= 0.3 is 0 Å². The first-order chi connectivity index (χ1) is 18.3. The molecule has 1 heterocycles. The van der Waals surface area contributed by atoms with Crippen LogP contribution in [0, 0.1) is 10.1 Å². The number of carbonyl (C=O) groups excluding carboxylic acids is 2. The lowest BCUT2D eigenvalue weighted by molar-refractivity contribution is -0.384. The zero-order chi connectivity index (χ0) is 27.7. The zero-order valence-electron chi connectivity index (χ0n) is 21.0. The quantitative estimate of drug-likeness (QED) is 0.166. The summed E-state index contributed by atoms with van der Waals surface area (Å²) in [5.41, 5.74) is 0.469. The Hall–Kier alpha value is -3.29. The van der Waals surface area contributed by atoms with Crippen molar-refractivity contribution in [1.29, 1.82) is 0 Å². The van der Waals surface area contributed by atoms with E-state index in [9.17, 15) is 19.7 Å². The van der Waals surface area contributed by atoms with E-state index >= 15 is 0 Å². The van der Waals surface area contributed by atoms with Gasteiger partial charge in [-0.2, -0.15) is 11.8 Å². The number of halogens is 1. The molecule has 2 N–H and O–H groups in total. The number of anilines is 1. The van der Waals surface area contributed by atoms with Gasteiger partial charge in [-0.3, -0.25) is 19.7 Å². The molecule has 0 saturated carbocycles. The van der Waals surface area contributed by atoms with E-state index in [1.54, 1.807) is 43.1 Å². The van der Waals surface area contributed by atoms with Crippen molar-refractivity contribution in [3.05, 3.63) is 69.0 Å². The highest BCUT2D eigenvalue weighted by molar-refractivity contribution is 7.99. The summed E-state index contributed by atoms with van der Waals surface area (Å²) in [6.07, 6.45) is 2.62. The second kappa shape index (κ2) is 14.0. The van der Waals surface area contributed by atoms with Crippen molar-refractivity contribution >= 4 is 58.3 Å². The van der Waals surface area contributed by atoms with E-state index in [0.717, 1.165) is 5.75 Å². The van der Waals surface area contributed by atoms with Gasteiger partial charge in [0, 0.05) is 24.2 Å². The Bertz CT molecular complexity index is 1290. The number of non-ortho nitro benzene ring substituents is 1. The molecule has 2 aromatic carbocycles. The Morgan fingerprint density at radius 3 is 2.58 bits per heavy atom. The number of carbonyl (C=O) groups is 2. The summed E-state index contributed by atoms with van der Waals surface area (Å²) in [6.45, 7) is 2.45. The largest absolute Gasteiger partial charge is 0.497 e. The number of nitro benzene ring substituents is 1. The number of hydrogen-bond acceptors (Lipinski definition) is 9. The molecular formula is C24H27ClN6O5S2. The summed E-state index contributed by atoms with van der Waals surface area (Å²) in [6, 6.07) is 10.3. The third-order valence-electron chi connectivity index (χ3n) is 5.41. The fraction of sp³-hybridized carbons (Fsp3) is 0.333. The van der Waals surface area contributed by atoms with Crippen molar-refractivity contribution in [1.82, 2.24) is 20.1 Å². The van der Waals surface area contributed by atoms with E-state index in [1.807, 2.05) is 17.7 Å². The van der Waals surface area contributed by atoms with Gasteiger partial charge in [0.15, 0.2) is 11.0 Å². The number of ether oxygens (including phenoxy) is 1. The van der Waals surface area contributed by atoms with Crippen molar-refractivity contribution in [2.24, 2.45) is 0 Å². The number of nitrogens with zero attached hydrogens (tertiary/aromatic N) is 4. The van der Waals surface area contributed by atoms with Crippen LogP contribution in [0.5, 0.6) is 5.75 Å². The van der Waals surface area contributed by atoms with Gasteiger partial charge in [0.25, 0.3) is 11.6 Å². The molecule has 202 valence electrons. The van der Waals surface area contributed by atoms with Crippen molar-refractivity contribution in [3.63, 3.8) is 0 Å². The molecule has 3 aromatic rings. The maximum Gasteiger partial charge on any atom is 0.271 e. The molecule has 0 bridgehead atoms. The molecule has 0 unspecified atom stereocenters. The first-order valence-corrected chi connectivity index (χ1v) is 14.3. The van der Waals surface area contributed by atoms with Crippen LogP contribution in [-0.4, -0.2) is 56.4 Å². The third-order valence-corrected chi connectivity index (χ3v) is 7.35. The van der Waals surface area contributed by atoms with Crippen LogP contribution in [0.4, 0.5) is 11.4 Å². The molecule has 0 radical (unpaired) electrons. The number of methoxy groups -OCH3 is 1. The minimum absolute atomic E-state index is 0.0230. The van der Waals surface area contributed by atoms with Crippen LogP contribution in [0.1, 0.15) is 35.6 Å². The maximum atomic E-state index is 13.0. The lowest BCUT2D eigenvalue weighted by Gasteiger charge is -2.19. The number of rotatable bonds is 13. The van der Waals surface area contributed by atoms with Gasteiger partial charge in [-0.15, -0.1) is 10.2 Å². The molecule has 0 fully saturated rings. The third kappa shape index (κ3) is 7.62. The number of hydrogen-bond donors (Lipinski definition) is 2. The first-order valence-electron chi connectivity index (χ1n) is 11.5. The van der Waals surface area contributed by atoms with Crippen LogP contribution in [0.15, 0.2) is 47.6 Å². The highest BCUT2D eigenvalue weighted by Gasteiger charge is 2.24. The van der Waals surface area contributed by atoms with Gasteiger partial charge in [0.1, 0.15) is 5.75 Å². The smallest absolute Gasteiger partial charge is 0.271 e. The second-order valence-corrected chi connectivity index (χ2v) is 10.2. The minimum atomic E-state index is -0.563. The average molecular weight is 579 g/mol. The molecule has 11 nitrogen and oxygen atoms in total. The molecule has 1 atom stereocenters. The highest BCUT2D eigenvalue weighted by Crippen LogP contribution is 2.28. The van der Waals surface area contributed by atoms with Crippen LogP contribution in [0.3, 0.4) is 0 Å². The summed E-state index contributed by atoms with van der Waals surface area (Å²) in [5, 5.41) is 26.0. The normalized spacial score (nSPS) is 11.6. The summed E-state index contributed by atoms with van der Waals surface area (Å²) in [5.74, 6) is 1.37. The van der Waals surface area contributed by atoms with E-state index < -0.39 is 16.9 Å². The molecule has 3 rings (SSSR count).